The van der Waals surface area contributed by atoms with E-state index in [9.17, 15) is 24.3 Å². The fourth-order valence-corrected chi connectivity index (χ4v) is 4.14. The Morgan fingerprint density at radius 1 is 0.892 bits per heavy atom. The fourth-order valence-electron chi connectivity index (χ4n) is 4.14. The lowest BCUT2D eigenvalue weighted by Gasteiger charge is -2.20. The second-order valence-corrected chi connectivity index (χ2v) is 9.61. The predicted octanol–water partition coefficient (Wildman–Crippen LogP) is 4.47. The zero-order valence-corrected chi connectivity index (χ0v) is 20.6. The number of amides is 1. The third-order valence-corrected chi connectivity index (χ3v) is 5.75. The molecule has 0 saturated carbocycles. The molecule has 1 heterocycles. The molecule has 0 radical (unpaired) electrons. The van der Waals surface area contributed by atoms with E-state index in [0.29, 0.717) is 27.6 Å². The molecule has 0 bridgehead atoms. The number of hydrogen-bond donors (Lipinski definition) is 2. The summed E-state index contributed by atoms with van der Waals surface area (Å²) in [5.74, 6) is -2.47. The van der Waals surface area contributed by atoms with E-state index in [0.717, 1.165) is 0 Å². The number of rotatable bonds is 6. The highest BCUT2D eigenvalue weighted by Gasteiger charge is 2.24. The summed E-state index contributed by atoms with van der Waals surface area (Å²) in [4.78, 5) is 50.4. The van der Waals surface area contributed by atoms with Crippen LogP contribution < -0.4 is 11.3 Å². The number of esters is 1. The number of carbonyl (C=O) groups excluding carboxylic acids is 2. The number of aromatic carboxylic acids is 1. The standard InChI is InChI=1S/C29H26N2O6/c1-29(2,3)37-28(36)19-11-9-17(10-12-19)16-31-24(27(34)35)23(18-7-5-4-6-8-18)22-15-20(25(30)32)13-14-21(22)26(31)33/h4-15H,16H2,1-3H3,(H2,30,32)(H,34,35). The van der Waals surface area contributed by atoms with Crippen molar-refractivity contribution in [3.05, 3.63) is 106 Å². The zero-order valence-electron chi connectivity index (χ0n) is 20.6. The van der Waals surface area contributed by atoms with Gasteiger partial charge < -0.3 is 15.6 Å². The van der Waals surface area contributed by atoms with Crippen molar-refractivity contribution in [3.63, 3.8) is 0 Å². The quantitative estimate of drug-likeness (QED) is 0.378. The number of carbonyl (C=O) groups is 3. The molecule has 8 nitrogen and oxygen atoms in total. The minimum Gasteiger partial charge on any atom is -0.477 e. The maximum absolute atomic E-state index is 13.6. The van der Waals surface area contributed by atoms with Gasteiger partial charge >= 0.3 is 11.9 Å². The summed E-state index contributed by atoms with van der Waals surface area (Å²) < 4.78 is 6.58. The molecular weight excluding hydrogens is 472 g/mol. The molecule has 188 valence electrons. The number of pyridine rings is 1. The van der Waals surface area contributed by atoms with E-state index in [4.69, 9.17) is 10.5 Å². The number of fused-ring (bicyclic) bond motifs is 1. The molecule has 0 spiro atoms. The monoisotopic (exact) mass is 498 g/mol. The molecule has 4 rings (SSSR count). The first kappa shape index (κ1) is 25.4. The van der Waals surface area contributed by atoms with Crippen LogP contribution in [0.4, 0.5) is 0 Å². The molecule has 1 amide bonds. The van der Waals surface area contributed by atoms with E-state index in [2.05, 4.69) is 0 Å². The van der Waals surface area contributed by atoms with Gasteiger partial charge in [0.15, 0.2) is 0 Å². The van der Waals surface area contributed by atoms with Crippen LogP contribution in [0, 0.1) is 0 Å². The van der Waals surface area contributed by atoms with Gasteiger partial charge in [0.05, 0.1) is 12.1 Å². The average Bonchev–Trinajstić information content (AvgIpc) is 2.84. The van der Waals surface area contributed by atoms with Gasteiger partial charge in [-0.1, -0.05) is 42.5 Å². The lowest BCUT2D eigenvalue weighted by Crippen LogP contribution is -2.28. The molecule has 8 heteroatoms. The molecule has 1 aromatic heterocycles. The van der Waals surface area contributed by atoms with Crippen LogP contribution in [0.25, 0.3) is 21.9 Å². The van der Waals surface area contributed by atoms with Crippen LogP contribution in [0.15, 0.2) is 77.6 Å². The van der Waals surface area contributed by atoms with Crippen molar-refractivity contribution >= 4 is 28.6 Å². The van der Waals surface area contributed by atoms with Gasteiger partial charge in [-0.15, -0.1) is 0 Å². The highest BCUT2D eigenvalue weighted by Crippen LogP contribution is 2.32. The average molecular weight is 499 g/mol. The first-order valence-corrected chi connectivity index (χ1v) is 11.6. The zero-order chi connectivity index (χ0) is 26.9. The van der Waals surface area contributed by atoms with Crippen molar-refractivity contribution in [2.24, 2.45) is 5.73 Å². The molecular formula is C29H26N2O6. The van der Waals surface area contributed by atoms with Crippen LogP contribution >= 0.6 is 0 Å². The number of primary amides is 1. The van der Waals surface area contributed by atoms with Gasteiger partial charge in [-0.05, 0) is 67.6 Å². The minimum atomic E-state index is -1.30. The maximum Gasteiger partial charge on any atom is 0.353 e. The van der Waals surface area contributed by atoms with Crippen LogP contribution in [0.5, 0.6) is 0 Å². The van der Waals surface area contributed by atoms with E-state index in [1.54, 1.807) is 75.4 Å². The number of benzene rings is 3. The molecule has 3 N–H and O–H groups in total. The molecule has 0 aliphatic heterocycles. The number of nitrogens with two attached hydrogens (primary N) is 1. The number of carboxylic acids is 1. The fraction of sp³-hybridized carbons (Fsp3) is 0.172. The number of ether oxygens (including phenoxy) is 1. The molecule has 0 aliphatic carbocycles. The molecule has 0 fully saturated rings. The Bertz CT molecular complexity index is 1580. The lowest BCUT2D eigenvalue weighted by atomic mass is 9.95. The van der Waals surface area contributed by atoms with Crippen molar-refractivity contribution in [2.75, 3.05) is 0 Å². The summed E-state index contributed by atoms with van der Waals surface area (Å²) in [5.41, 5.74) is 6.05. The maximum atomic E-state index is 13.6. The summed E-state index contributed by atoms with van der Waals surface area (Å²) in [6.07, 6.45) is 0. The Morgan fingerprint density at radius 2 is 1.51 bits per heavy atom. The molecule has 4 aromatic rings. The second-order valence-electron chi connectivity index (χ2n) is 9.61. The van der Waals surface area contributed by atoms with E-state index in [-0.39, 0.29) is 23.2 Å². The van der Waals surface area contributed by atoms with Gasteiger partial charge in [0.2, 0.25) is 5.91 Å². The Balaban J connectivity index is 1.90. The van der Waals surface area contributed by atoms with Crippen molar-refractivity contribution in [3.8, 4) is 11.1 Å². The first-order valence-electron chi connectivity index (χ1n) is 11.6. The number of hydrogen-bond acceptors (Lipinski definition) is 5. The summed E-state index contributed by atoms with van der Waals surface area (Å²) in [6, 6.07) is 19.6. The van der Waals surface area contributed by atoms with Crippen molar-refractivity contribution in [2.45, 2.75) is 32.9 Å². The largest absolute Gasteiger partial charge is 0.477 e. The number of nitrogens with zero attached hydrogens (tertiary/aromatic N) is 1. The third-order valence-electron chi connectivity index (χ3n) is 5.75. The molecule has 0 unspecified atom stereocenters. The van der Waals surface area contributed by atoms with Crippen molar-refractivity contribution in [1.82, 2.24) is 4.57 Å². The minimum absolute atomic E-state index is 0.0532. The predicted molar refractivity (Wildman–Crippen MR) is 140 cm³/mol. The van der Waals surface area contributed by atoms with Crippen molar-refractivity contribution < 1.29 is 24.2 Å². The summed E-state index contributed by atoms with van der Waals surface area (Å²) in [6.45, 7) is 5.27. The van der Waals surface area contributed by atoms with E-state index >= 15 is 0 Å². The summed E-state index contributed by atoms with van der Waals surface area (Å²) in [7, 11) is 0. The van der Waals surface area contributed by atoms with Crippen LogP contribution in [0.1, 0.15) is 57.5 Å². The van der Waals surface area contributed by atoms with Gasteiger partial charge in [0.1, 0.15) is 11.3 Å². The summed E-state index contributed by atoms with van der Waals surface area (Å²) >= 11 is 0. The topological polar surface area (TPSA) is 129 Å². The smallest absolute Gasteiger partial charge is 0.353 e. The van der Waals surface area contributed by atoms with E-state index in [1.165, 1.54) is 22.8 Å². The van der Waals surface area contributed by atoms with Crippen LogP contribution in [0.3, 0.4) is 0 Å². The Morgan fingerprint density at radius 3 is 2.08 bits per heavy atom. The molecule has 0 aliphatic rings. The first-order chi connectivity index (χ1) is 17.5. The normalized spacial score (nSPS) is 11.3. The number of aromatic nitrogens is 1. The molecule has 3 aromatic carbocycles. The van der Waals surface area contributed by atoms with Gasteiger partial charge in [-0.3, -0.25) is 14.2 Å². The number of carboxylic acid groups (broad SMARTS) is 1. The second kappa shape index (κ2) is 9.73. The molecule has 0 atom stereocenters. The van der Waals surface area contributed by atoms with Crippen molar-refractivity contribution in [1.29, 1.82) is 0 Å². The lowest BCUT2D eigenvalue weighted by molar-refractivity contribution is 0.00692. The SMILES string of the molecule is CC(C)(C)OC(=O)c1ccc(Cn2c(C(=O)O)c(-c3ccccc3)c3cc(C(N)=O)ccc3c2=O)cc1. The third kappa shape index (κ3) is 5.28. The highest BCUT2D eigenvalue weighted by atomic mass is 16.6. The van der Waals surface area contributed by atoms with Crippen LogP contribution in [0.2, 0.25) is 0 Å². The Hall–Kier alpha value is -4.72. The summed E-state index contributed by atoms with van der Waals surface area (Å²) in [5, 5.41) is 10.8. The molecule has 0 saturated heterocycles. The van der Waals surface area contributed by atoms with Gasteiger partial charge in [0.25, 0.3) is 5.56 Å². The van der Waals surface area contributed by atoms with Crippen LogP contribution in [-0.2, 0) is 11.3 Å². The molecule has 37 heavy (non-hydrogen) atoms. The van der Waals surface area contributed by atoms with E-state index in [1.807, 2.05) is 0 Å². The Kier molecular flexibility index (Phi) is 6.68. The Labute approximate surface area is 212 Å². The highest BCUT2D eigenvalue weighted by molar-refractivity contribution is 6.08. The van der Waals surface area contributed by atoms with Crippen LogP contribution in [-0.4, -0.2) is 33.1 Å². The van der Waals surface area contributed by atoms with E-state index < -0.39 is 29.0 Å². The van der Waals surface area contributed by atoms with Gasteiger partial charge in [-0.25, -0.2) is 9.59 Å². The van der Waals surface area contributed by atoms with Gasteiger partial charge in [0, 0.05) is 16.5 Å². The van der Waals surface area contributed by atoms with Gasteiger partial charge in [-0.2, -0.15) is 0 Å².